The first-order valence-electron chi connectivity index (χ1n) is 13.8. The number of ether oxygens (including phenoxy) is 2. The van der Waals surface area contributed by atoms with E-state index < -0.39 is 22.9 Å². The van der Waals surface area contributed by atoms with Gasteiger partial charge in [-0.25, -0.2) is 18.4 Å². The molecule has 3 heterocycles. The SMILES string of the molecule is COC[C@H]1CSc2c(-c3cc(Cl)c(F)cc3F)c(C)cc3c(N4C[C@@H](C)N(C(=O)OC(C)(C)C)[C@@H](C)C4)nc(=O)n1c23. The van der Waals surface area contributed by atoms with Crippen LogP contribution < -0.4 is 10.6 Å². The highest BCUT2D eigenvalue weighted by Crippen LogP contribution is 2.47. The van der Waals surface area contributed by atoms with Crippen molar-refractivity contribution in [3.05, 3.63) is 50.9 Å². The van der Waals surface area contributed by atoms with Gasteiger partial charge in [-0.3, -0.25) is 9.47 Å². The van der Waals surface area contributed by atoms with Crippen molar-refractivity contribution in [2.24, 2.45) is 0 Å². The Balaban J connectivity index is 1.68. The van der Waals surface area contributed by atoms with E-state index in [9.17, 15) is 14.0 Å². The van der Waals surface area contributed by atoms with Crippen molar-refractivity contribution in [1.82, 2.24) is 14.5 Å². The molecule has 12 heteroatoms. The van der Waals surface area contributed by atoms with Crippen molar-refractivity contribution in [3.8, 4) is 11.1 Å². The smallest absolute Gasteiger partial charge is 0.410 e. The summed E-state index contributed by atoms with van der Waals surface area (Å²) in [5.74, 6) is -0.567. The third kappa shape index (κ3) is 5.46. The molecular weight excluding hydrogens is 586 g/mol. The Labute approximate surface area is 252 Å². The van der Waals surface area contributed by atoms with Crippen LogP contribution in [0.3, 0.4) is 0 Å². The molecule has 0 unspecified atom stereocenters. The average molecular weight is 621 g/mol. The predicted octanol–water partition coefficient (Wildman–Crippen LogP) is 6.43. The van der Waals surface area contributed by atoms with Crippen LogP contribution in [0.25, 0.3) is 22.0 Å². The van der Waals surface area contributed by atoms with Gasteiger partial charge in [-0.15, -0.1) is 11.8 Å². The van der Waals surface area contributed by atoms with E-state index >= 15 is 4.39 Å². The number of rotatable bonds is 4. The van der Waals surface area contributed by atoms with E-state index in [2.05, 4.69) is 4.98 Å². The molecule has 2 aliphatic heterocycles. The molecule has 1 amide bonds. The zero-order chi connectivity index (χ0) is 30.7. The number of anilines is 1. The van der Waals surface area contributed by atoms with Crippen LogP contribution in [0.1, 0.15) is 46.2 Å². The van der Waals surface area contributed by atoms with E-state index in [-0.39, 0.29) is 34.8 Å². The second-order valence-corrected chi connectivity index (χ2v) is 13.5. The van der Waals surface area contributed by atoms with Gasteiger partial charge in [0.1, 0.15) is 23.1 Å². The van der Waals surface area contributed by atoms with Crippen LogP contribution in [0.5, 0.6) is 0 Å². The number of thioether (sulfide) groups is 1. The van der Waals surface area contributed by atoms with Crippen molar-refractivity contribution in [1.29, 1.82) is 0 Å². The summed E-state index contributed by atoms with van der Waals surface area (Å²) in [7, 11) is 1.58. The van der Waals surface area contributed by atoms with Crippen LogP contribution in [-0.2, 0) is 9.47 Å². The largest absolute Gasteiger partial charge is 0.444 e. The summed E-state index contributed by atoms with van der Waals surface area (Å²) in [6.07, 6.45) is -0.383. The van der Waals surface area contributed by atoms with E-state index in [1.54, 1.807) is 16.6 Å². The molecule has 0 N–H and O–H groups in total. The number of aromatic nitrogens is 2. The lowest BCUT2D eigenvalue weighted by Crippen LogP contribution is -2.60. The Morgan fingerprint density at radius 1 is 1.14 bits per heavy atom. The summed E-state index contributed by atoms with van der Waals surface area (Å²) < 4.78 is 42.0. The fourth-order valence-electron chi connectivity index (χ4n) is 6.00. The molecule has 2 aliphatic rings. The molecule has 1 saturated heterocycles. The predicted molar refractivity (Wildman–Crippen MR) is 162 cm³/mol. The molecular formula is C30H35ClF2N4O4S. The van der Waals surface area contributed by atoms with E-state index in [4.69, 9.17) is 21.1 Å². The van der Waals surface area contributed by atoms with E-state index in [0.29, 0.717) is 47.2 Å². The first-order valence-corrected chi connectivity index (χ1v) is 15.2. The molecule has 0 aliphatic carbocycles. The van der Waals surface area contributed by atoms with Crippen molar-refractivity contribution >= 4 is 46.2 Å². The lowest BCUT2D eigenvalue weighted by Gasteiger charge is -2.45. The molecule has 3 aromatic rings. The number of halogens is 3. The Kier molecular flexibility index (Phi) is 8.23. The van der Waals surface area contributed by atoms with Crippen molar-refractivity contribution < 1.29 is 23.0 Å². The van der Waals surface area contributed by atoms with Crippen LogP contribution in [0, 0.1) is 18.6 Å². The zero-order valence-electron chi connectivity index (χ0n) is 24.8. The highest BCUT2D eigenvalue weighted by atomic mass is 35.5. The van der Waals surface area contributed by atoms with Gasteiger partial charge in [0.25, 0.3) is 0 Å². The maximum Gasteiger partial charge on any atom is 0.410 e. The topological polar surface area (TPSA) is 76.9 Å². The summed E-state index contributed by atoms with van der Waals surface area (Å²) in [4.78, 5) is 35.8. The summed E-state index contributed by atoms with van der Waals surface area (Å²) >= 11 is 7.59. The molecule has 2 aromatic carbocycles. The summed E-state index contributed by atoms with van der Waals surface area (Å²) in [5.41, 5.74) is 1.02. The molecule has 0 radical (unpaired) electrons. The molecule has 3 atom stereocenters. The Morgan fingerprint density at radius 2 is 1.81 bits per heavy atom. The van der Waals surface area contributed by atoms with Crippen LogP contribution >= 0.6 is 23.4 Å². The quantitative estimate of drug-likeness (QED) is 0.311. The molecule has 1 aromatic heterocycles. The molecule has 5 rings (SSSR count). The number of nitrogens with zero attached hydrogens (tertiary/aromatic N) is 4. The van der Waals surface area contributed by atoms with E-state index in [1.807, 2.05) is 52.5 Å². The maximum atomic E-state index is 15.2. The second kappa shape index (κ2) is 11.3. The number of hydrogen-bond acceptors (Lipinski definition) is 7. The molecule has 42 heavy (non-hydrogen) atoms. The number of aryl methyl sites for hydroxylation is 1. The van der Waals surface area contributed by atoms with Crippen molar-refractivity contribution in [2.75, 3.05) is 37.5 Å². The number of carbonyl (C=O) groups is 1. The van der Waals surface area contributed by atoms with Crippen LogP contribution in [0.2, 0.25) is 5.02 Å². The van der Waals surface area contributed by atoms with Gasteiger partial charge in [0.15, 0.2) is 0 Å². The standard InChI is InChI=1S/C30H35ClF2N4O4S/c1-15-8-20-25-26(24(15)19-9-21(31)23(33)10-22(19)32)42-14-18(13-40-7)37(25)28(38)34-27(20)35-11-16(2)36(17(3)12-35)29(39)41-30(4,5)6/h8-10,16-18H,11-14H2,1-7H3/t16-,17+,18-/m0/s1. The minimum Gasteiger partial charge on any atom is -0.444 e. The van der Waals surface area contributed by atoms with E-state index in [0.717, 1.165) is 17.0 Å². The van der Waals surface area contributed by atoms with Crippen molar-refractivity contribution in [3.63, 3.8) is 0 Å². The molecule has 0 saturated carbocycles. The van der Waals surface area contributed by atoms with Crippen LogP contribution in [-0.4, -0.2) is 70.8 Å². The lowest BCUT2D eigenvalue weighted by molar-refractivity contribution is 0.00561. The third-order valence-electron chi connectivity index (χ3n) is 7.59. The van der Waals surface area contributed by atoms with Gasteiger partial charge in [-0.2, -0.15) is 4.98 Å². The molecule has 0 spiro atoms. The second-order valence-electron chi connectivity index (χ2n) is 12.0. The molecule has 226 valence electrons. The van der Waals surface area contributed by atoms with Crippen LogP contribution in [0.15, 0.2) is 27.9 Å². The Bertz CT molecular complexity index is 1610. The first kappa shape index (κ1) is 30.6. The molecule has 0 bridgehead atoms. The van der Waals surface area contributed by atoms with Crippen molar-refractivity contribution in [2.45, 2.75) is 70.2 Å². The van der Waals surface area contributed by atoms with E-state index in [1.165, 1.54) is 17.8 Å². The third-order valence-corrected chi connectivity index (χ3v) is 9.12. The fraction of sp³-hybridized carbons (Fsp3) is 0.500. The van der Waals surface area contributed by atoms with Gasteiger partial charge in [-0.05, 0) is 59.2 Å². The highest BCUT2D eigenvalue weighted by molar-refractivity contribution is 7.99. The monoisotopic (exact) mass is 620 g/mol. The lowest BCUT2D eigenvalue weighted by atomic mass is 9.96. The van der Waals surface area contributed by atoms with Crippen LogP contribution in [0.4, 0.5) is 19.4 Å². The number of carbonyl (C=O) groups excluding carboxylic acids is 1. The molecule has 8 nitrogen and oxygen atoms in total. The fourth-order valence-corrected chi connectivity index (χ4v) is 7.52. The first-order chi connectivity index (χ1) is 19.7. The maximum absolute atomic E-state index is 15.2. The minimum absolute atomic E-state index is 0.166. The molecule has 1 fully saturated rings. The minimum atomic E-state index is -0.838. The Hall–Kier alpha value is -2.89. The van der Waals surface area contributed by atoms with Gasteiger partial charge < -0.3 is 14.4 Å². The number of methoxy groups -OCH3 is 1. The average Bonchev–Trinajstić information content (AvgIpc) is 2.87. The highest BCUT2D eigenvalue weighted by Gasteiger charge is 2.38. The Morgan fingerprint density at radius 3 is 2.43 bits per heavy atom. The summed E-state index contributed by atoms with van der Waals surface area (Å²) in [6.45, 7) is 12.4. The summed E-state index contributed by atoms with van der Waals surface area (Å²) in [5, 5.41) is 0.549. The van der Waals surface area contributed by atoms with Gasteiger partial charge in [-0.1, -0.05) is 11.6 Å². The zero-order valence-corrected chi connectivity index (χ0v) is 26.3. The number of hydrogen-bond donors (Lipinski definition) is 0. The number of amides is 1. The normalized spacial score (nSPS) is 20.8. The van der Waals surface area contributed by atoms with Gasteiger partial charge in [0, 0.05) is 53.4 Å². The number of piperazine rings is 1. The summed E-state index contributed by atoms with van der Waals surface area (Å²) in [6, 6.07) is 3.25. The van der Waals surface area contributed by atoms with Gasteiger partial charge in [0.2, 0.25) is 0 Å². The van der Waals surface area contributed by atoms with Gasteiger partial charge in [0.05, 0.1) is 35.3 Å². The van der Waals surface area contributed by atoms with Gasteiger partial charge >= 0.3 is 11.8 Å². The number of benzene rings is 2.